The molecule has 0 unspecified atom stereocenters. The fourth-order valence-electron chi connectivity index (χ4n) is 3.62. The zero-order valence-corrected chi connectivity index (χ0v) is 22.9. The Morgan fingerprint density at radius 1 is 1.00 bits per heavy atom. The van der Waals surface area contributed by atoms with Gasteiger partial charge in [0.25, 0.3) is 0 Å². The van der Waals surface area contributed by atoms with Crippen LogP contribution in [0.1, 0.15) is 44.4 Å². The fraction of sp³-hybridized carbons (Fsp3) is 0.267. The van der Waals surface area contributed by atoms with Crippen LogP contribution in [-0.4, -0.2) is 28.4 Å². The highest BCUT2D eigenvalue weighted by Gasteiger charge is 2.31. The van der Waals surface area contributed by atoms with Gasteiger partial charge in [0.2, 0.25) is 5.88 Å². The SMILES string of the molecule is CC(C)=C(/C=C\CSc1cc(Oc2ccc(C(F)(F)F)cn2)cc(C(C)(C)c2ccccc2)c1)OCC(=O)O. The monoisotopic (exact) mass is 557 g/mol. The van der Waals surface area contributed by atoms with Gasteiger partial charge in [-0.15, -0.1) is 11.8 Å². The van der Waals surface area contributed by atoms with Gasteiger partial charge in [-0.3, -0.25) is 0 Å². The molecule has 39 heavy (non-hydrogen) atoms. The highest BCUT2D eigenvalue weighted by atomic mass is 32.2. The molecule has 0 spiro atoms. The second-order valence-corrected chi connectivity index (χ2v) is 10.5. The molecule has 0 atom stereocenters. The number of aliphatic carboxylic acids is 1. The van der Waals surface area contributed by atoms with E-state index in [0.29, 0.717) is 17.3 Å². The van der Waals surface area contributed by atoms with E-state index < -0.39 is 24.3 Å². The van der Waals surface area contributed by atoms with Crippen LogP contribution >= 0.6 is 11.8 Å². The van der Waals surface area contributed by atoms with Crippen LogP contribution < -0.4 is 4.74 Å². The van der Waals surface area contributed by atoms with E-state index >= 15 is 0 Å². The van der Waals surface area contributed by atoms with Crippen molar-refractivity contribution < 1.29 is 32.5 Å². The molecular formula is C30H30F3NO4S. The van der Waals surface area contributed by atoms with E-state index in [1.54, 1.807) is 6.08 Å². The lowest BCUT2D eigenvalue weighted by molar-refractivity contribution is -0.140. The average Bonchev–Trinajstić information content (AvgIpc) is 2.88. The average molecular weight is 558 g/mol. The summed E-state index contributed by atoms with van der Waals surface area (Å²) in [5, 5.41) is 8.88. The van der Waals surface area contributed by atoms with Gasteiger partial charge in [0, 0.05) is 28.3 Å². The number of carboxylic acid groups (broad SMARTS) is 1. The molecule has 0 radical (unpaired) electrons. The molecule has 0 amide bonds. The first-order chi connectivity index (χ1) is 18.4. The van der Waals surface area contributed by atoms with Crippen molar-refractivity contribution in [3.8, 4) is 11.6 Å². The number of thioether (sulfide) groups is 1. The third kappa shape index (κ3) is 8.64. The summed E-state index contributed by atoms with van der Waals surface area (Å²) in [6, 6.07) is 17.8. The van der Waals surface area contributed by atoms with Crippen LogP contribution in [0.25, 0.3) is 0 Å². The molecule has 1 N–H and O–H groups in total. The third-order valence-electron chi connectivity index (χ3n) is 5.84. The van der Waals surface area contributed by atoms with Crippen molar-refractivity contribution in [3.63, 3.8) is 0 Å². The van der Waals surface area contributed by atoms with Gasteiger partial charge in [0.15, 0.2) is 6.61 Å². The number of carbonyl (C=O) groups is 1. The topological polar surface area (TPSA) is 68.7 Å². The minimum atomic E-state index is -4.48. The van der Waals surface area contributed by atoms with Crippen LogP contribution in [0.3, 0.4) is 0 Å². The van der Waals surface area contributed by atoms with Gasteiger partial charge in [0.1, 0.15) is 11.5 Å². The molecule has 3 aromatic rings. The highest BCUT2D eigenvalue weighted by Crippen LogP contribution is 2.38. The maximum Gasteiger partial charge on any atom is 0.417 e. The number of alkyl halides is 3. The largest absolute Gasteiger partial charge is 0.482 e. The number of allylic oxidation sites excluding steroid dienone is 2. The summed E-state index contributed by atoms with van der Waals surface area (Å²) in [7, 11) is 0. The van der Waals surface area contributed by atoms with Crippen molar-refractivity contribution in [1.29, 1.82) is 0 Å². The molecule has 5 nitrogen and oxygen atoms in total. The molecule has 9 heteroatoms. The molecule has 1 heterocycles. The molecular weight excluding hydrogens is 527 g/mol. The number of ether oxygens (including phenoxy) is 2. The molecule has 0 saturated heterocycles. The van der Waals surface area contributed by atoms with Gasteiger partial charge in [0.05, 0.1) is 5.56 Å². The smallest absolute Gasteiger partial charge is 0.417 e. The van der Waals surface area contributed by atoms with Gasteiger partial charge in [-0.25, -0.2) is 9.78 Å². The molecule has 2 aromatic carbocycles. The van der Waals surface area contributed by atoms with E-state index in [9.17, 15) is 18.0 Å². The van der Waals surface area contributed by atoms with Crippen LogP contribution in [0.4, 0.5) is 13.2 Å². The van der Waals surface area contributed by atoms with Crippen LogP contribution in [0.2, 0.25) is 0 Å². The van der Waals surface area contributed by atoms with Crippen molar-refractivity contribution in [2.24, 2.45) is 0 Å². The number of nitrogens with zero attached hydrogens (tertiary/aromatic N) is 1. The van der Waals surface area contributed by atoms with E-state index in [0.717, 1.165) is 33.9 Å². The first-order valence-electron chi connectivity index (χ1n) is 12.1. The van der Waals surface area contributed by atoms with Crippen LogP contribution in [0.5, 0.6) is 11.6 Å². The van der Waals surface area contributed by atoms with Crippen LogP contribution in [0, 0.1) is 0 Å². The van der Waals surface area contributed by atoms with Crippen molar-refractivity contribution in [3.05, 3.63) is 107 Å². The number of hydrogen-bond acceptors (Lipinski definition) is 5. The lowest BCUT2D eigenvalue weighted by Gasteiger charge is -2.27. The Morgan fingerprint density at radius 3 is 2.31 bits per heavy atom. The molecule has 0 saturated carbocycles. The van der Waals surface area contributed by atoms with Crippen molar-refractivity contribution >= 4 is 17.7 Å². The summed E-state index contributed by atoms with van der Waals surface area (Å²) in [6.45, 7) is 7.43. The van der Waals surface area contributed by atoms with Gasteiger partial charge in [-0.2, -0.15) is 13.2 Å². The predicted octanol–water partition coefficient (Wildman–Crippen LogP) is 8.26. The van der Waals surface area contributed by atoms with E-state index in [2.05, 4.69) is 24.9 Å². The van der Waals surface area contributed by atoms with Crippen molar-refractivity contribution in [2.45, 2.75) is 44.2 Å². The normalized spacial score (nSPS) is 11.9. The minimum absolute atomic E-state index is 0.0530. The van der Waals surface area contributed by atoms with Gasteiger partial charge >= 0.3 is 12.1 Å². The lowest BCUT2D eigenvalue weighted by Crippen LogP contribution is -2.19. The Balaban J connectivity index is 1.88. The Hall–Kier alpha value is -3.72. The second kappa shape index (κ2) is 12.9. The van der Waals surface area contributed by atoms with Gasteiger partial charge in [-0.1, -0.05) is 50.3 Å². The number of pyridine rings is 1. The Labute approximate surface area is 230 Å². The first-order valence-corrected chi connectivity index (χ1v) is 13.1. The van der Waals surface area contributed by atoms with Crippen LogP contribution in [-0.2, 0) is 21.1 Å². The number of halogens is 3. The van der Waals surface area contributed by atoms with E-state index in [1.165, 1.54) is 17.8 Å². The van der Waals surface area contributed by atoms with E-state index in [1.807, 2.05) is 62.4 Å². The fourth-order valence-corrected chi connectivity index (χ4v) is 4.42. The molecule has 0 aliphatic rings. The van der Waals surface area contributed by atoms with Crippen LogP contribution in [0.15, 0.2) is 95.2 Å². The Bertz CT molecular complexity index is 1330. The quantitative estimate of drug-likeness (QED) is 0.145. The van der Waals surface area contributed by atoms with Crippen molar-refractivity contribution in [2.75, 3.05) is 12.4 Å². The lowest BCUT2D eigenvalue weighted by atomic mass is 9.78. The number of rotatable bonds is 11. The van der Waals surface area contributed by atoms with E-state index in [-0.39, 0.29) is 11.3 Å². The Kier molecular flexibility index (Phi) is 9.86. The molecule has 3 rings (SSSR count). The maximum atomic E-state index is 12.9. The molecule has 0 bridgehead atoms. The molecule has 0 aliphatic heterocycles. The summed E-state index contributed by atoms with van der Waals surface area (Å²) in [6.07, 6.45) is -0.109. The second-order valence-electron chi connectivity index (χ2n) is 9.43. The van der Waals surface area contributed by atoms with Gasteiger partial charge < -0.3 is 14.6 Å². The maximum absolute atomic E-state index is 12.9. The minimum Gasteiger partial charge on any atom is -0.482 e. The number of carboxylic acids is 1. The summed E-state index contributed by atoms with van der Waals surface area (Å²) in [4.78, 5) is 15.6. The number of benzene rings is 2. The first kappa shape index (κ1) is 29.8. The van der Waals surface area contributed by atoms with Crippen molar-refractivity contribution in [1.82, 2.24) is 4.98 Å². The van der Waals surface area contributed by atoms with Gasteiger partial charge in [-0.05, 0) is 60.9 Å². The molecule has 1 aromatic heterocycles. The number of aromatic nitrogens is 1. The predicted molar refractivity (Wildman–Crippen MR) is 146 cm³/mol. The Morgan fingerprint density at radius 2 is 1.72 bits per heavy atom. The number of hydrogen-bond donors (Lipinski definition) is 1. The summed E-state index contributed by atoms with van der Waals surface area (Å²) < 4.78 is 50.0. The molecule has 0 fully saturated rings. The summed E-state index contributed by atoms with van der Waals surface area (Å²) in [5.41, 5.74) is 1.66. The third-order valence-corrected chi connectivity index (χ3v) is 6.77. The molecule has 206 valence electrons. The molecule has 0 aliphatic carbocycles. The zero-order chi connectivity index (χ0) is 28.6. The highest BCUT2D eigenvalue weighted by molar-refractivity contribution is 7.99. The summed E-state index contributed by atoms with van der Waals surface area (Å²) >= 11 is 1.52. The van der Waals surface area contributed by atoms with E-state index in [4.69, 9.17) is 14.6 Å². The summed E-state index contributed by atoms with van der Waals surface area (Å²) in [5.74, 6) is 0.501. The standard InChI is InChI=1S/C30H30F3NO4S/c1-20(2)26(37-19-28(35)36)11-8-14-39-25-16-23(29(3,4)21-9-6-5-7-10-21)15-24(17-25)38-27-13-12-22(18-34-27)30(31,32)33/h5-13,15-18H,14,19H2,1-4H3,(H,35,36)/b11-8-. The zero-order valence-electron chi connectivity index (χ0n) is 22.1.